The molecule has 3 rings (SSSR count). The number of aromatic nitrogens is 4. The smallest absolute Gasteiger partial charge is 0.274 e. The minimum Gasteiger partial charge on any atom is -0.481 e. The number of rotatable bonds is 3. The quantitative estimate of drug-likeness (QED) is 0.859. The van der Waals surface area contributed by atoms with E-state index in [2.05, 4.69) is 15.1 Å². The zero-order valence-electron chi connectivity index (χ0n) is 13.0. The Balaban J connectivity index is 1.96. The first-order chi connectivity index (χ1) is 10.6. The summed E-state index contributed by atoms with van der Waals surface area (Å²) in [5.41, 5.74) is 2.25. The van der Waals surface area contributed by atoms with Gasteiger partial charge in [-0.3, -0.25) is 9.78 Å². The van der Waals surface area contributed by atoms with E-state index in [0.717, 1.165) is 24.1 Å². The molecule has 1 aliphatic rings. The Kier molecular flexibility index (Phi) is 3.79. The number of ether oxygens (including phenoxy) is 1. The van der Waals surface area contributed by atoms with Crippen LogP contribution in [0.3, 0.4) is 0 Å². The SMILES string of the molecule is COc1c([C@H]2CCCN2C(=O)c2cnccn2)c(C)nn1C. The van der Waals surface area contributed by atoms with E-state index in [1.54, 1.807) is 18.0 Å². The van der Waals surface area contributed by atoms with Crippen molar-refractivity contribution in [3.05, 3.63) is 35.5 Å². The topological polar surface area (TPSA) is 73.1 Å². The maximum atomic E-state index is 12.7. The molecule has 116 valence electrons. The van der Waals surface area contributed by atoms with Crippen LogP contribution in [0.15, 0.2) is 18.6 Å². The van der Waals surface area contributed by atoms with Crippen molar-refractivity contribution >= 4 is 5.91 Å². The summed E-state index contributed by atoms with van der Waals surface area (Å²) < 4.78 is 7.19. The van der Waals surface area contributed by atoms with E-state index in [4.69, 9.17) is 4.74 Å². The summed E-state index contributed by atoms with van der Waals surface area (Å²) in [4.78, 5) is 22.6. The molecule has 2 aromatic heterocycles. The molecular formula is C15H19N5O2. The molecule has 2 aromatic rings. The first-order valence-corrected chi connectivity index (χ1v) is 7.28. The van der Waals surface area contributed by atoms with E-state index in [1.165, 1.54) is 12.4 Å². The molecule has 0 bridgehead atoms. The molecule has 7 nitrogen and oxygen atoms in total. The lowest BCUT2D eigenvalue weighted by Crippen LogP contribution is -2.31. The van der Waals surface area contributed by atoms with Crippen LogP contribution < -0.4 is 4.74 Å². The fourth-order valence-corrected chi connectivity index (χ4v) is 3.15. The Morgan fingerprint density at radius 3 is 2.91 bits per heavy atom. The second-order valence-corrected chi connectivity index (χ2v) is 5.38. The van der Waals surface area contributed by atoms with Gasteiger partial charge in [0.05, 0.1) is 30.6 Å². The fourth-order valence-electron chi connectivity index (χ4n) is 3.15. The van der Waals surface area contributed by atoms with Gasteiger partial charge in [-0.15, -0.1) is 0 Å². The highest BCUT2D eigenvalue weighted by Crippen LogP contribution is 2.39. The highest BCUT2D eigenvalue weighted by Gasteiger charge is 2.35. The predicted molar refractivity (Wildman–Crippen MR) is 79.5 cm³/mol. The molecule has 1 aliphatic heterocycles. The number of hydrogen-bond donors (Lipinski definition) is 0. The fraction of sp³-hybridized carbons (Fsp3) is 0.467. The van der Waals surface area contributed by atoms with Crippen LogP contribution >= 0.6 is 0 Å². The number of carbonyl (C=O) groups excluding carboxylic acids is 1. The van der Waals surface area contributed by atoms with Crippen LogP contribution in [0.4, 0.5) is 0 Å². The molecule has 0 aliphatic carbocycles. The van der Waals surface area contributed by atoms with Crippen LogP contribution in [0.25, 0.3) is 0 Å². The number of carbonyl (C=O) groups is 1. The summed E-state index contributed by atoms with van der Waals surface area (Å²) in [6, 6.07) is -0.0295. The number of hydrogen-bond acceptors (Lipinski definition) is 5. The van der Waals surface area contributed by atoms with Crippen molar-refractivity contribution in [1.29, 1.82) is 0 Å². The zero-order valence-corrected chi connectivity index (χ0v) is 13.0. The van der Waals surface area contributed by atoms with Gasteiger partial charge in [0.1, 0.15) is 5.69 Å². The van der Waals surface area contributed by atoms with Gasteiger partial charge in [-0.1, -0.05) is 0 Å². The van der Waals surface area contributed by atoms with E-state index in [1.807, 2.05) is 18.9 Å². The van der Waals surface area contributed by atoms with E-state index >= 15 is 0 Å². The van der Waals surface area contributed by atoms with E-state index in [9.17, 15) is 4.79 Å². The Morgan fingerprint density at radius 2 is 2.23 bits per heavy atom. The van der Waals surface area contributed by atoms with Crippen molar-refractivity contribution in [2.24, 2.45) is 7.05 Å². The Hall–Kier alpha value is -2.44. The molecule has 0 saturated carbocycles. The highest BCUT2D eigenvalue weighted by atomic mass is 16.5. The van der Waals surface area contributed by atoms with Gasteiger partial charge in [-0.2, -0.15) is 5.10 Å². The lowest BCUT2D eigenvalue weighted by Gasteiger charge is -2.24. The number of amides is 1. The Bertz CT molecular complexity index is 683. The second kappa shape index (κ2) is 5.75. The van der Waals surface area contributed by atoms with Gasteiger partial charge in [0, 0.05) is 26.0 Å². The Morgan fingerprint density at radius 1 is 1.41 bits per heavy atom. The summed E-state index contributed by atoms with van der Waals surface area (Å²) in [6.45, 7) is 2.65. The second-order valence-electron chi connectivity index (χ2n) is 5.38. The third kappa shape index (κ3) is 2.32. The molecule has 1 saturated heterocycles. The average Bonchev–Trinajstić information content (AvgIpc) is 3.10. The van der Waals surface area contributed by atoms with Gasteiger partial charge in [-0.25, -0.2) is 9.67 Å². The average molecular weight is 301 g/mol. The molecule has 0 spiro atoms. The van der Waals surface area contributed by atoms with Crippen molar-refractivity contribution in [1.82, 2.24) is 24.6 Å². The largest absolute Gasteiger partial charge is 0.481 e. The molecule has 0 radical (unpaired) electrons. The van der Waals surface area contributed by atoms with Crippen LogP contribution in [0.1, 0.15) is 40.6 Å². The first-order valence-electron chi connectivity index (χ1n) is 7.28. The monoisotopic (exact) mass is 301 g/mol. The normalized spacial score (nSPS) is 17.8. The van der Waals surface area contributed by atoms with E-state index in [-0.39, 0.29) is 11.9 Å². The van der Waals surface area contributed by atoms with Gasteiger partial charge in [0.15, 0.2) is 0 Å². The molecular weight excluding hydrogens is 282 g/mol. The highest BCUT2D eigenvalue weighted by molar-refractivity contribution is 5.92. The molecule has 1 fully saturated rings. The summed E-state index contributed by atoms with van der Waals surface area (Å²) in [5.74, 6) is 0.613. The number of aryl methyl sites for hydroxylation is 2. The van der Waals surface area contributed by atoms with E-state index < -0.39 is 0 Å². The number of likely N-dealkylation sites (tertiary alicyclic amines) is 1. The molecule has 22 heavy (non-hydrogen) atoms. The summed E-state index contributed by atoms with van der Waals surface area (Å²) in [6.07, 6.45) is 6.45. The maximum Gasteiger partial charge on any atom is 0.274 e. The van der Waals surface area contributed by atoms with Gasteiger partial charge in [0.25, 0.3) is 5.91 Å². The third-order valence-corrected chi connectivity index (χ3v) is 4.04. The predicted octanol–water partition coefficient (Wildman–Crippen LogP) is 1.50. The van der Waals surface area contributed by atoms with Gasteiger partial charge < -0.3 is 9.64 Å². The van der Waals surface area contributed by atoms with Crippen molar-refractivity contribution in [3.8, 4) is 5.88 Å². The number of methoxy groups -OCH3 is 1. The third-order valence-electron chi connectivity index (χ3n) is 4.04. The summed E-state index contributed by atoms with van der Waals surface area (Å²) >= 11 is 0. The van der Waals surface area contributed by atoms with Gasteiger partial charge in [0.2, 0.25) is 5.88 Å². The minimum absolute atomic E-state index is 0.0295. The molecule has 7 heteroatoms. The Labute approximate surface area is 128 Å². The van der Waals surface area contributed by atoms with Crippen LogP contribution in [0.2, 0.25) is 0 Å². The molecule has 0 N–H and O–H groups in total. The van der Waals surface area contributed by atoms with Crippen molar-refractivity contribution in [3.63, 3.8) is 0 Å². The number of nitrogens with zero attached hydrogens (tertiary/aromatic N) is 5. The van der Waals surface area contributed by atoms with Crippen LogP contribution in [-0.4, -0.2) is 44.2 Å². The maximum absolute atomic E-state index is 12.7. The molecule has 3 heterocycles. The van der Waals surface area contributed by atoms with Crippen molar-refractivity contribution in [2.45, 2.75) is 25.8 Å². The minimum atomic E-state index is -0.0964. The lowest BCUT2D eigenvalue weighted by molar-refractivity contribution is 0.0727. The molecule has 1 atom stereocenters. The van der Waals surface area contributed by atoms with E-state index in [0.29, 0.717) is 18.1 Å². The summed E-state index contributed by atoms with van der Waals surface area (Å²) in [7, 11) is 3.48. The van der Waals surface area contributed by atoms with Crippen LogP contribution in [-0.2, 0) is 7.05 Å². The van der Waals surface area contributed by atoms with Crippen molar-refractivity contribution < 1.29 is 9.53 Å². The van der Waals surface area contributed by atoms with Crippen LogP contribution in [0, 0.1) is 6.92 Å². The van der Waals surface area contributed by atoms with Crippen molar-refractivity contribution in [2.75, 3.05) is 13.7 Å². The lowest BCUT2D eigenvalue weighted by atomic mass is 10.0. The molecule has 0 aromatic carbocycles. The first kappa shape index (κ1) is 14.5. The van der Waals surface area contributed by atoms with Crippen LogP contribution in [0.5, 0.6) is 5.88 Å². The standard InChI is InChI=1S/C15H19N5O2/c1-10-13(15(22-3)19(2)18-10)12-5-4-8-20(12)14(21)11-9-16-6-7-17-11/h6-7,9,12H,4-5,8H2,1-3H3/t12-/m1/s1. The zero-order chi connectivity index (χ0) is 15.7. The van der Waals surface area contributed by atoms with Gasteiger partial charge >= 0.3 is 0 Å². The summed E-state index contributed by atoms with van der Waals surface area (Å²) in [5, 5.41) is 4.42. The molecule has 0 unspecified atom stereocenters. The van der Waals surface area contributed by atoms with Gasteiger partial charge in [-0.05, 0) is 19.8 Å². The molecule has 1 amide bonds.